The second-order valence-corrected chi connectivity index (χ2v) is 9.89. The minimum absolute atomic E-state index is 0.0103. The first-order chi connectivity index (χ1) is 16.7. The lowest BCUT2D eigenvalue weighted by Gasteiger charge is -2.18. The Hall–Kier alpha value is -3.57. The summed E-state index contributed by atoms with van der Waals surface area (Å²) in [6.07, 6.45) is 1.71. The van der Waals surface area contributed by atoms with Crippen LogP contribution in [-0.4, -0.2) is 43.9 Å². The van der Waals surface area contributed by atoms with Gasteiger partial charge in [-0.25, -0.2) is 14.4 Å². The van der Waals surface area contributed by atoms with Gasteiger partial charge in [-0.1, -0.05) is 31.3 Å². The zero-order valence-electron chi connectivity index (χ0n) is 19.6. The summed E-state index contributed by atoms with van der Waals surface area (Å²) in [7, 11) is 0. The Balaban J connectivity index is 1.59. The molecule has 1 aromatic carbocycles. The fourth-order valence-electron chi connectivity index (χ4n) is 4.04. The average molecular weight is 499 g/mol. The molecule has 0 saturated carbocycles. The van der Waals surface area contributed by atoms with E-state index in [1.165, 1.54) is 15.7 Å². The number of aliphatic hydroxyl groups excluding tert-OH is 1. The number of fused-ring (bicyclic) bond motifs is 2. The van der Waals surface area contributed by atoms with Crippen LogP contribution in [0.25, 0.3) is 15.9 Å². The van der Waals surface area contributed by atoms with E-state index in [1.807, 2.05) is 32.0 Å². The minimum Gasteiger partial charge on any atom is -0.394 e. The Bertz CT molecular complexity index is 1410. The van der Waals surface area contributed by atoms with Crippen LogP contribution in [0.3, 0.4) is 0 Å². The molecule has 5 N–H and O–H groups in total. The summed E-state index contributed by atoms with van der Waals surface area (Å²) in [5.41, 5.74) is 8.00. The molecule has 0 spiro atoms. The number of halogens is 1. The number of nitrogens with zero attached hydrogens (tertiary/aromatic N) is 3. The number of pyridine rings is 1. The van der Waals surface area contributed by atoms with E-state index in [0.29, 0.717) is 17.2 Å². The van der Waals surface area contributed by atoms with Crippen LogP contribution in [0.4, 0.5) is 9.52 Å². The number of benzene rings is 1. The molecule has 0 aliphatic rings. The summed E-state index contributed by atoms with van der Waals surface area (Å²) >= 11 is 1.35. The third kappa shape index (κ3) is 5.25. The number of anilines is 1. The molecule has 4 rings (SSSR count). The van der Waals surface area contributed by atoms with Crippen LogP contribution in [0, 0.1) is 18.7 Å². The number of aryl methyl sites for hydroxylation is 1. The van der Waals surface area contributed by atoms with Gasteiger partial charge in [-0.3, -0.25) is 14.0 Å². The summed E-state index contributed by atoms with van der Waals surface area (Å²) < 4.78 is 16.7. The topological polar surface area (TPSA) is 135 Å². The van der Waals surface area contributed by atoms with Crippen molar-refractivity contribution >= 4 is 44.1 Å². The number of rotatable bonds is 8. The molecule has 1 atom stereocenters. The van der Waals surface area contributed by atoms with E-state index in [9.17, 15) is 19.1 Å². The maximum Gasteiger partial charge on any atom is 0.270 e. The number of aromatic nitrogens is 3. The molecule has 0 fully saturated rings. The van der Waals surface area contributed by atoms with Crippen LogP contribution in [0.5, 0.6) is 0 Å². The van der Waals surface area contributed by atoms with Crippen molar-refractivity contribution in [2.75, 3.05) is 12.3 Å². The third-order valence-electron chi connectivity index (χ3n) is 5.55. The number of hydrogen-bond acceptors (Lipinski definition) is 7. The normalized spacial score (nSPS) is 12.4. The first kappa shape index (κ1) is 24.6. The molecule has 11 heteroatoms. The van der Waals surface area contributed by atoms with Crippen molar-refractivity contribution in [3.05, 3.63) is 58.8 Å². The standard InChI is InChI=1S/C24H27FN6O3S/c1-12(2)6-16(11-32)29-23(34)20-13(3)28-21-17(8-15(25)10-31(20)21)22(33)27-9-14-4-5-18-19(7-14)35-24(26)30-18/h4-5,7-8,10,12,16,32H,6,9,11H2,1-3H3,(H2,26,30)(H,27,33)(H,29,34)/t16-/m0/s1. The van der Waals surface area contributed by atoms with E-state index in [2.05, 4.69) is 20.6 Å². The number of nitrogens with one attached hydrogen (secondary N) is 2. The van der Waals surface area contributed by atoms with Crippen LogP contribution in [0.15, 0.2) is 30.5 Å². The lowest BCUT2D eigenvalue weighted by molar-refractivity contribution is 0.0899. The molecule has 9 nitrogen and oxygen atoms in total. The Kier molecular flexibility index (Phi) is 6.99. The van der Waals surface area contributed by atoms with Crippen LogP contribution in [-0.2, 0) is 6.54 Å². The number of nitrogens with two attached hydrogens (primary N) is 1. The van der Waals surface area contributed by atoms with Crippen LogP contribution in [0.2, 0.25) is 0 Å². The number of aliphatic hydroxyl groups is 1. The molecular formula is C24H27FN6O3S. The molecule has 0 bridgehead atoms. The van der Waals surface area contributed by atoms with E-state index < -0.39 is 23.7 Å². The predicted octanol–water partition coefficient (Wildman–Crippen LogP) is 3.04. The van der Waals surface area contributed by atoms with Gasteiger partial charge in [-0.2, -0.15) is 0 Å². The predicted molar refractivity (Wildman–Crippen MR) is 133 cm³/mol. The second-order valence-electron chi connectivity index (χ2n) is 8.83. The highest BCUT2D eigenvalue weighted by Gasteiger charge is 2.24. The minimum atomic E-state index is -0.684. The molecule has 0 aliphatic heterocycles. The van der Waals surface area contributed by atoms with Gasteiger partial charge in [0.15, 0.2) is 10.8 Å². The second kappa shape index (κ2) is 9.96. The van der Waals surface area contributed by atoms with Gasteiger partial charge in [0.05, 0.1) is 34.1 Å². The summed E-state index contributed by atoms with van der Waals surface area (Å²) in [6.45, 7) is 5.57. The van der Waals surface area contributed by atoms with Crippen molar-refractivity contribution < 1.29 is 19.1 Å². The van der Waals surface area contributed by atoms with Crippen molar-refractivity contribution in [1.82, 2.24) is 25.0 Å². The fraction of sp³-hybridized carbons (Fsp3) is 0.333. The molecule has 0 aliphatic carbocycles. The molecular weight excluding hydrogens is 471 g/mol. The molecule has 35 heavy (non-hydrogen) atoms. The van der Waals surface area contributed by atoms with Crippen LogP contribution >= 0.6 is 11.3 Å². The smallest absolute Gasteiger partial charge is 0.270 e. The van der Waals surface area contributed by atoms with E-state index in [1.54, 1.807) is 6.92 Å². The number of carbonyl (C=O) groups excluding carboxylic acids is 2. The van der Waals surface area contributed by atoms with Gasteiger partial charge in [-0.15, -0.1) is 0 Å². The number of nitrogen functional groups attached to an aromatic ring is 1. The first-order valence-electron chi connectivity index (χ1n) is 11.2. The maximum absolute atomic E-state index is 14.5. The first-order valence-corrected chi connectivity index (χ1v) is 12.0. The molecule has 2 amide bonds. The van der Waals surface area contributed by atoms with Crippen molar-refractivity contribution in [1.29, 1.82) is 0 Å². The Morgan fingerprint density at radius 1 is 1.23 bits per heavy atom. The zero-order chi connectivity index (χ0) is 25.3. The van der Waals surface area contributed by atoms with Crippen molar-refractivity contribution in [2.24, 2.45) is 5.92 Å². The van der Waals surface area contributed by atoms with E-state index in [4.69, 9.17) is 5.73 Å². The molecule has 0 saturated heterocycles. The summed E-state index contributed by atoms with van der Waals surface area (Å²) in [5.74, 6) is -1.44. The highest BCUT2D eigenvalue weighted by atomic mass is 32.1. The molecule has 0 radical (unpaired) electrons. The van der Waals surface area contributed by atoms with E-state index in [-0.39, 0.29) is 36.0 Å². The quantitative estimate of drug-likeness (QED) is 0.295. The van der Waals surface area contributed by atoms with Gasteiger partial charge in [0, 0.05) is 12.7 Å². The van der Waals surface area contributed by atoms with Gasteiger partial charge in [0.2, 0.25) is 0 Å². The maximum atomic E-state index is 14.5. The number of imidazole rings is 1. The molecule has 3 heterocycles. The molecule has 0 unspecified atom stereocenters. The van der Waals surface area contributed by atoms with Crippen molar-refractivity contribution in [3.63, 3.8) is 0 Å². The summed E-state index contributed by atoms with van der Waals surface area (Å²) in [6, 6.07) is 6.20. The van der Waals surface area contributed by atoms with Crippen molar-refractivity contribution in [2.45, 2.75) is 39.8 Å². The Morgan fingerprint density at radius 2 is 2.00 bits per heavy atom. The lowest BCUT2D eigenvalue weighted by atomic mass is 10.0. The number of thiazole rings is 1. The van der Waals surface area contributed by atoms with Gasteiger partial charge in [0.25, 0.3) is 11.8 Å². The highest BCUT2D eigenvalue weighted by molar-refractivity contribution is 7.22. The number of amides is 2. The summed E-state index contributed by atoms with van der Waals surface area (Å²) in [4.78, 5) is 34.6. The van der Waals surface area contributed by atoms with Gasteiger partial charge in [0.1, 0.15) is 11.5 Å². The third-order valence-corrected chi connectivity index (χ3v) is 6.40. The Labute approximate surface area is 205 Å². The molecule has 184 valence electrons. The highest BCUT2D eigenvalue weighted by Crippen LogP contribution is 2.25. The van der Waals surface area contributed by atoms with Gasteiger partial charge < -0.3 is 21.5 Å². The van der Waals surface area contributed by atoms with Gasteiger partial charge >= 0.3 is 0 Å². The lowest BCUT2D eigenvalue weighted by Crippen LogP contribution is -2.39. The average Bonchev–Trinajstić information content (AvgIpc) is 3.33. The number of hydrogen-bond donors (Lipinski definition) is 4. The molecule has 3 aromatic heterocycles. The number of carbonyl (C=O) groups is 2. The Morgan fingerprint density at radius 3 is 2.71 bits per heavy atom. The summed E-state index contributed by atoms with van der Waals surface area (Å²) in [5, 5.41) is 15.6. The van der Waals surface area contributed by atoms with Crippen LogP contribution in [0.1, 0.15) is 52.4 Å². The van der Waals surface area contributed by atoms with E-state index >= 15 is 0 Å². The van der Waals surface area contributed by atoms with E-state index in [0.717, 1.165) is 28.0 Å². The monoisotopic (exact) mass is 498 g/mol. The molecule has 4 aromatic rings. The van der Waals surface area contributed by atoms with Gasteiger partial charge in [-0.05, 0) is 43.0 Å². The SMILES string of the molecule is Cc1nc2c(C(=O)NCc3ccc4nc(N)sc4c3)cc(F)cn2c1C(=O)N[C@H](CO)CC(C)C. The largest absolute Gasteiger partial charge is 0.394 e. The fourth-order valence-corrected chi connectivity index (χ4v) is 4.84. The van der Waals surface area contributed by atoms with Crippen molar-refractivity contribution in [3.8, 4) is 0 Å². The zero-order valence-corrected chi connectivity index (χ0v) is 20.4. The van der Waals surface area contributed by atoms with Crippen LogP contribution < -0.4 is 16.4 Å².